The van der Waals surface area contributed by atoms with Gasteiger partial charge in [-0.15, -0.1) is 0 Å². The number of hydrogen-bond acceptors (Lipinski definition) is 12. The summed E-state index contributed by atoms with van der Waals surface area (Å²) >= 11 is 0. The van der Waals surface area contributed by atoms with Gasteiger partial charge >= 0.3 is 0 Å². The molecule has 272 valence electrons. The van der Waals surface area contributed by atoms with Crippen molar-refractivity contribution in [3.05, 3.63) is 119 Å². The summed E-state index contributed by atoms with van der Waals surface area (Å²) in [7, 11) is -16.1. The summed E-state index contributed by atoms with van der Waals surface area (Å²) in [6.07, 6.45) is 0. The van der Waals surface area contributed by atoms with E-state index in [-0.39, 0.29) is 44.2 Å². The van der Waals surface area contributed by atoms with Crippen LogP contribution in [0.5, 0.6) is 0 Å². The van der Waals surface area contributed by atoms with Crippen LogP contribution in [0.25, 0.3) is 0 Å². The molecule has 0 aliphatic heterocycles. The van der Waals surface area contributed by atoms with Crippen molar-refractivity contribution in [3.63, 3.8) is 0 Å². The van der Waals surface area contributed by atoms with Gasteiger partial charge < -0.3 is 24.6 Å². The third kappa shape index (κ3) is 19.9. The molecule has 0 fully saturated rings. The molecule has 0 aliphatic rings. The Balaban J connectivity index is -0.000000262. The van der Waals surface area contributed by atoms with E-state index in [0.29, 0.717) is 0 Å². The summed E-state index contributed by atoms with van der Waals surface area (Å²) in [6.45, 7) is 7.36. The van der Waals surface area contributed by atoms with Crippen LogP contribution >= 0.6 is 0 Å². The van der Waals surface area contributed by atoms with Crippen molar-refractivity contribution in [1.82, 2.24) is 24.6 Å². The molecule has 0 saturated heterocycles. The van der Waals surface area contributed by atoms with Crippen LogP contribution in [-0.4, -0.2) is 51.9 Å². The van der Waals surface area contributed by atoms with Gasteiger partial charge in [-0.2, -0.15) is 33.7 Å². The van der Waals surface area contributed by atoms with Crippen molar-refractivity contribution in [2.24, 2.45) is 0 Å². The molecule has 0 radical (unpaired) electrons. The highest BCUT2D eigenvalue weighted by Crippen LogP contribution is 2.11. The quantitative estimate of drug-likeness (QED) is 0.117. The van der Waals surface area contributed by atoms with Crippen molar-refractivity contribution in [2.45, 2.75) is 47.3 Å². The average Bonchev–Trinajstić information content (AvgIpc) is 2.89. The van der Waals surface area contributed by atoms with E-state index in [0.717, 1.165) is 22.3 Å². The highest BCUT2D eigenvalue weighted by atomic mass is 32.2. The third-order valence-electron chi connectivity index (χ3n) is 5.28. The largest absolute Gasteiger partial charge is 0.344 e. The Morgan fingerprint density at radius 3 is 0.479 bits per heavy atom. The van der Waals surface area contributed by atoms with Crippen molar-refractivity contribution >= 4 is 40.5 Å². The first-order valence-corrected chi connectivity index (χ1v) is 17.9. The molecule has 0 atom stereocenters. The lowest BCUT2D eigenvalue weighted by Gasteiger charge is -1.95. The van der Waals surface area contributed by atoms with Gasteiger partial charge in [0.1, 0.15) is 0 Å². The lowest BCUT2D eigenvalue weighted by molar-refractivity contribution is 0.481. The van der Waals surface area contributed by atoms with E-state index in [9.17, 15) is 33.7 Å². The number of aryl methyl sites for hydroxylation is 4. The molecule has 0 unspecified atom stereocenters. The van der Waals surface area contributed by atoms with Crippen molar-refractivity contribution in [3.8, 4) is 0 Å². The minimum Gasteiger partial charge on any atom is -0.344 e. The fourth-order valence-electron chi connectivity index (χ4n) is 2.84. The second-order valence-corrected chi connectivity index (χ2v) is 14.8. The Hall–Kier alpha value is -3.64. The minimum atomic E-state index is -4.02. The summed E-state index contributed by atoms with van der Waals surface area (Å²) < 4.78 is 118. The molecule has 0 saturated carbocycles. The summed E-state index contributed by atoms with van der Waals surface area (Å²) in [5.74, 6) is 0. The van der Waals surface area contributed by atoms with Gasteiger partial charge in [-0.25, -0.2) is 0 Å². The summed E-state index contributed by atoms with van der Waals surface area (Å²) in [6, 6.07) is 24.0. The molecule has 16 nitrogen and oxygen atoms in total. The second-order valence-electron chi connectivity index (χ2n) is 9.15. The van der Waals surface area contributed by atoms with Gasteiger partial charge in [0.15, 0.2) is 0 Å². The highest BCUT2D eigenvalue weighted by molar-refractivity contribution is 7.86. The van der Waals surface area contributed by atoms with Crippen LogP contribution in [0, 0.1) is 27.7 Å². The van der Waals surface area contributed by atoms with E-state index >= 15 is 0 Å². The zero-order chi connectivity index (χ0) is 33.9. The zero-order valence-corrected chi connectivity index (χ0v) is 30.0. The lowest BCUT2D eigenvalue weighted by Crippen LogP contribution is -1.96. The van der Waals surface area contributed by atoms with Crippen LogP contribution < -0.4 is 24.6 Å². The predicted octanol–water partition coefficient (Wildman–Crippen LogP) is 5.61. The third-order valence-corrected chi connectivity index (χ3v) is 8.75. The molecular formula is C28H44N4O12S4. The predicted molar refractivity (Wildman–Crippen MR) is 184 cm³/mol. The Morgan fingerprint density at radius 2 is 0.396 bits per heavy atom. The lowest BCUT2D eigenvalue weighted by atomic mass is 10.2. The van der Waals surface area contributed by atoms with Gasteiger partial charge in [-0.05, 0) is 76.2 Å². The first-order valence-electron chi connectivity index (χ1n) is 12.2. The second kappa shape index (κ2) is 21.4. The van der Waals surface area contributed by atoms with Gasteiger partial charge in [0.2, 0.25) is 0 Å². The van der Waals surface area contributed by atoms with Crippen LogP contribution in [0.15, 0.2) is 117 Å². The van der Waals surface area contributed by atoms with E-state index in [1.165, 1.54) is 48.5 Å². The summed E-state index contributed by atoms with van der Waals surface area (Å²) in [5.41, 5.74) is 3.82. The van der Waals surface area contributed by atoms with Crippen LogP contribution in [0.3, 0.4) is 0 Å². The molecular weight excluding hydrogens is 713 g/mol. The monoisotopic (exact) mass is 756 g/mol. The number of rotatable bonds is 4. The topological polar surface area (TPSA) is 357 Å². The molecule has 4 rings (SSSR count). The van der Waals surface area contributed by atoms with E-state index in [1.807, 2.05) is 27.7 Å². The molecule has 4 aromatic rings. The summed E-state index contributed by atoms with van der Waals surface area (Å²) in [5, 5.41) is 0. The van der Waals surface area contributed by atoms with Crippen molar-refractivity contribution in [2.75, 3.05) is 0 Å². The molecule has 0 bridgehead atoms. The Bertz CT molecular complexity index is 1660. The first kappa shape index (κ1) is 51.2. The average molecular weight is 757 g/mol. The number of benzene rings is 4. The molecule has 0 spiro atoms. The number of hydrogen-bond donors (Lipinski definition) is 8. The maximum Gasteiger partial charge on any atom is 0.294 e. The first-order chi connectivity index (χ1) is 20.0. The SMILES string of the molecule is Cc1ccc(S(=O)(=O)O)cc1.Cc1ccc(S(=O)(=O)O)cc1.Cc1ccc(S(=O)(=O)O)cc1.Cc1ccc(S(=O)(=O)O)cc1.N.N.N.N. The van der Waals surface area contributed by atoms with Crippen molar-refractivity contribution in [1.29, 1.82) is 0 Å². The van der Waals surface area contributed by atoms with E-state index in [2.05, 4.69) is 0 Å². The fourth-order valence-corrected chi connectivity index (χ4v) is 4.76. The van der Waals surface area contributed by atoms with Gasteiger partial charge in [0.05, 0.1) is 19.6 Å². The normalized spacial score (nSPS) is 10.5. The highest BCUT2D eigenvalue weighted by Gasteiger charge is 2.09. The van der Waals surface area contributed by atoms with E-state index < -0.39 is 40.5 Å². The molecule has 0 heterocycles. The maximum absolute atomic E-state index is 10.5. The molecule has 0 aliphatic carbocycles. The van der Waals surface area contributed by atoms with Crippen LogP contribution in [0.2, 0.25) is 0 Å². The van der Waals surface area contributed by atoms with E-state index in [1.54, 1.807) is 48.5 Å². The van der Waals surface area contributed by atoms with Crippen molar-refractivity contribution < 1.29 is 51.9 Å². The van der Waals surface area contributed by atoms with E-state index in [4.69, 9.17) is 18.2 Å². The van der Waals surface area contributed by atoms with Gasteiger partial charge in [-0.3, -0.25) is 18.2 Å². The molecule has 0 aromatic heterocycles. The van der Waals surface area contributed by atoms with Gasteiger partial charge in [0, 0.05) is 0 Å². The Morgan fingerprint density at radius 1 is 0.292 bits per heavy atom. The molecule has 20 heteroatoms. The fraction of sp³-hybridized carbons (Fsp3) is 0.143. The maximum atomic E-state index is 10.5. The zero-order valence-electron chi connectivity index (χ0n) is 26.8. The minimum absolute atomic E-state index is 0. The smallest absolute Gasteiger partial charge is 0.294 e. The summed E-state index contributed by atoms with van der Waals surface area (Å²) in [4.78, 5) is -0.266. The van der Waals surface area contributed by atoms with Crippen LogP contribution in [0.4, 0.5) is 0 Å². The molecule has 48 heavy (non-hydrogen) atoms. The Kier molecular flexibility index (Phi) is 22.8. The molecule has 16 N–H and O–H groups in total. The Labute approximate surface area is 282 Å². The van der Waals surface area contributed by atoms with Crippen LogP contribution in [0.1, 0.15) is 22.3 Å². The van der Waals surface area contributed by atoms with Gasteiger partial charge in [-0.1, -0.05) is 70.8 Å². The molecule has 0 amide bonds. The standard InChI is InChI=1S/4C7H8O3S.4H3N/c4*1-6-2-4-7(5-3-6)11(8,9)10;;;;/h4*2-5H,1H3,(H,8,9,10);4*1H3. The van der Waals surface area contributed by atoms with Crippen LogP contribution in [-0.2, 0) is 40.5 Å². The van der Waals surface area contributed by atoms with Gasteiger partial charge in [0.25, 0.3) is 40.5 Å². The molecule has 4 aromatic carbocycles.